The Hall–Kier alpha value is -2.50. The highest BCUT2D eigenvalue weighted by Crippen LogP contribution is 2.66. The number of nitrogen functional groups attached to an aromatic ring is 1. The third-order valence-corrected chi connectivity index (χ3v) is 7.37. The molecule has 0 aromatic carbocycles. The van der Waals surface area contributed by atoms with Gasteiger partial charge in [-0.2, -0.15) is 4.98 Å². The Morgan fingerprint density at radius 2 is 2.19 bits per heavy atom. The quantitative estimate of drug-likeness (QED) is 0.436. The van der Waals surface area contributed by atoms with Crippen LogP contribution in [0.4, 0.5) is 5.95 Å². The van der Waals surface area contributed by atoms with Gasteiger partial charge in [0.2, 0.25) is 5.95 Å². The van der Waals surface area contributed by atoms with E-state index in [2.05, 4.69) is 21.9 Å². The van der Waals surface area contributed by atoms with E-state index in [-0.39, 0.29) is 54.0 Å². The van der Waals surface area contributed by atoms with Crippen LogP contribution in [0.1, 0.15) is 45.4 Å². The molecule has 4 fully saturated rings. The average Bonchev–Trinajstić information content (AvgIpc) is 3.08. The molecule has 2 aromatic heterocycles. The van der Waals surface area contributed by atoms with Crippen LogP contribution in [0.5, 0.6) is 0 Å². The van der Waals surface area contributed by atoms with Crippen molar-refractivity contribution in [3.05, 3.63) is 16.7 Å². The lowest BCUT2D eigenvalue weighted by Crippen LogP contribution is -2.65. The molecular weight excluding hydrogens is 416 g/mol. The molecule has 0 saturated heterocycles. The zero-order chi connectivity index (χ0) is 22.7. The Morgan fingerprint density at radius 1 is 1.38 bits per heavy atom. The van der Waals surface area contributed by atoms with Gasteiger partial charge in [-0.3, -0.25) is 19.1 Å². The Morgan fingerprint density at radius 3 is 2.91 bits per heavy atom. The van der Waals surface area contributed by atoms with Gasteiger partial charge in [0.15, 0.2) is 11.2 Å². The van der Waals surface area contributed by atoms with E-state index >= 15 is 0 Å². The van der Waals surface area contributed by atoms with Crippen LogP contribution in [0, 0.1) is 16.7 Å². The molecular formula is C21H30N6O5. The molecule has 4 aliphatic rings. The van der Waals surface area contributed by atoms with E-state index in [4.69, 9.17) is 20.9 Å². The molecule has 4 saturated carbocycles. The molecule has 174 valence electrons. The summed E-state index contributed by atoms with van der Waals surface area (Å²) in [4.78, 5) is 35.6. The summed E-state index contributed by atoms with van der Waals surface area (Å²) in [6.07, 6.45) is 6.06. The number of ether oxygens (including phenoxy) is 2. The van der Waals surface area contributed by atoms with E-state index in [1.807, 2.05) is 0 Å². The fourth-order valence-electron chi connectivity index (χ4n) is 6.96. The first-order chi connectivity index (χ1) is 15.1. The van der Waals surface area contributed by atoms with Crippen molar-refractivity contribution in [3.8, 4) is 0 Å². The predicted molar refractivity (Wildman–Crippen MR) is 114 cm³/mol. The largest absolute Gasteiger partial charge is 0.462 e. The highest BCUT2D eigenvalue weighted by atomic mass is 16.6. The molecule has 11 nitrogen and oxygen atoms in total. The topological polar surface area (TPSA) is 171 Å². The van der Waals surface area contributed by atoms with Crippen molar-refractivity contribution in [2.24, 2.45) is 22.5 Å². The highest BCUT2D eigenvalue weighted by molar-refractivity contribution is 5.78. The molecule has 0 amide bonds. The third kappa shape index (κ3) is 3.57. The fraction of sp³-hybridized carbons (Fsp3) is 0.714. The summed E-state index contributed by atoms with van der Waals surface area (Å²) in [6.45, 7) is 1.80. The van der Waals surface area contributed by atoms with Crippen molar-refractivity contribution in [1.29, 1.82) is 0 Å². The predicted octanol–water partition coefficient (Wildman–Crippen LogP) is 0.268. The van der Waals surface area contributed by atoms with Gasteiger partial charge >= 0.3 is 5.97 Å². The first-order valence-corrected chi connectivity index (χ1v) is 11.0. The summed E-state index contributed by atoms with van der Waals surface area (Å²) in [5.74, 6) is 0.203. The van der Waals surface area contributed by atoms with E-state index in [0.29, 0.717) is 12.3 Å². The van der Waals surface area contributed by atoms with Crippen molar-refractivity contribution in [2.75, 3.05) is 18.9 Å². The maximum atomic E-state index is 13.2. The van der Waals surface area contributed by atoms with Crippen LogP contribution in [-0.2, 0) is 21.0 Å². The number of hydrogen-bond donors (Lipinski definition) is 4. The van der Waals surface area contributed by atoms with E-state index in [9.17, 15) is 14.7 Å². The van der Waals surface area contributed by atoms with Crippen molar-refractivity contribution < 1.29 is 19.4 Å². The molecule has 0 spiro atoms. The Labute approximate surface area is 184 Å². The van der Waals surface area contributed by atoms with Gasteiger partial charge in [0.1, 0.15) is 19.4 Å². The monoisotopic (exact) mass is 446 g/mol. The number of fused-ring (bicyclic) bond motifs is 1. The number of imidazole rings is 1. The van der Waals surface area contributed by atoms with Crippen LogP contribution < -0.4 is 17.0 Å². The Kier molecular flexibility index (Phi) is 4.84. The SMILES string of the molecule is CC12CC3CC(N)(C1)CC(C(=O)OCC(CO)OCn1cnc4c(=O)[nH]c(N)nc41)(C3)C2. The number of H-pyrrole nitrogens is 1. The average molecular weight is 447 g/mol. The number of aliphatic hydroxyl groups is 1. The summed E-state index contributed by atoms with van der Waals surface area (Å²) in [5.41, 5.74) is 11.5. The maximum absolute atomic E-state index is 13.2. The summed E-state index contributed by atoms with van der Waals surface area (Å²) in [6, 6.07) is 0. The summed E-state index contributed by atoms with van der Waals surface area (Å²) >= 11 is 0. The van der Waals surface area contributed by atoms with Gasteiger partial charge in [-0.1, -0.05) is 6.92 Å². The number of hydrogen-bond acceptors (Lipinski definition) is 9. The summed E-state index contributed by atoms with van der Waals surface area (Å²) in [5, 5.41) is 9.73. The third-order valence-electron chi connectivity index (χ3n) is 7.37. The molecule has 2 aromatic rings. The number of aromatic amines is 1. The van der Waals surface area contributed by atoms with E-state index in [0.717, 1.165) is 32.1 Å². The van der Waals surface area contributed by atoms with Gasteiger partial charge in [-0.15, -0.1) is 0 Å². The molecule has 5 unspecified atom stereocenters. The number of nitrogens with two attached hydrogens (primary N) is 2. The number of nitrogens with zero attached hydrogens (tertiary/aromatic N) is 3. The Bertz CT molecular complexity index is 1090. The van der Waals surface area contributed by atoms with Gasteiger partial charge in [0.05, 0.1) is 18.3 Å². The maximum Gasteiger partial charge on any atom is 0.312 e. The fourth-order valence-corrected chi connectivity index (χ4v) is 6.96. The van der Waals surface area contributed by atoms with Crippen LogP contribution in [0.15, 0.2) is 11.1 Å². The first kappa shape index (κ1) is 21.4. The second kappa shape index (κ2) is 7.26. The van der Waals surface area contributed by atoms with E-state index in [1.165, 1.54) is 10.9 Å². The zero-order valence-electron chi connectivity index (χ0n) is 18.2. The van der Waals surface area contributed by atoms with Gasteiger partial charge in [0.25, 0.3) is 5.56 Å². The minimum Gasteiger partial charge on any atom is -0.462 e. The van der Waals surface area contributed by atoms with Crippen molar-refractivity contribution in [3.63, 3.8) is 0 Å². The molecule has 4 bridgehead atoms. The molecule has 5 atom stereocenters. The Balaban J connectivity index is 1.23. The summed E-state index contributed by atoms with van der Waals surface area (Å²) < 4.78 is 12.9. The van der Waals surface area contributed by atoms with Gasteiger partial charge in [0, 0.05) is 5.54 Å². The van der Waals surface area contributed by atoms with Crippen molar-refractivity contribution in [2.45, 2.75) is 63.8 Å². The number of aliphatic hydroxyl groups excluding tert-OH is 1. The molecule has 0 aliphatic heterocycles. The van der Waals surface area contributed by atoms with Crippen molar-refractivity contribution in [1.82, 2.24) is 19.5 Å². The number of aromatic nitrogens is 4. The molecule has 4 aliphatic carbocycles. The smallest absolute Gasteiger partial charge is 0.312 e. The van der Waals surface area contributed by atoms with Crippen LogP contribution >= 0.6 is 0 Å². The van der Waals surface area contributed by atoms with Gasteiger partial charge in [-0.25, -0.2) is 4.98 Å². The van der Waals surface area contributed by atoms with Crippen LogP contribution in [0.2, 0.25) is 0 Å². The minimum absolute atomic E-state index is 0.0289. The zero-order valence-corrected chi connectivity index (χ0v) is 18.2. The first-order valence-electron chi connectivity index (χ1n) is 11.0. The van der Waals surface area contributed by atoms with E-state index in [1.54, 1.807) is 0 Å². The normalized spacial score (nSPS) is 34.2. The lowest BCUT2D eigenvalue weighted by molar-refractivity contribution is -0.186. The van der Waals surface area contributed by atoms with Crippen LogP contribution in [0.3, 0.4) is 0 Å². The minimum atomic E-state index is -0.730. The number of carbonyl (C=O) groups is 1. The molecule has 6 rings (SSSR count). The summed E-state index contributed by atoms with van der Waals surface area (Å²) in [7, 11) is 0. The highest BCUT2D eigenvalue weighted by Gasteiger charge is 2.63. The van der Waals surface area contributed by atoms with Crippen LogP contribution in [-0.4, -0.2) is 55.5 Å². The lowest BCUT2D eigenvalue weighted by atomic mass is 9.42. The van der Waals surface area contributed by atoms with Crippen molar-refractivity contribution >= 4 is 23.1 Å². The number of rotatable bonds is 7. The second-order valence-electron chi connectivity index (χ2n) is 10.5. The molecule has 6 N–H and O–H groups in total. The lowest BCUT2D eigenvalue weighted by Gasteiger charge is -2.63. The standard InChI is InChI=1S/C21H30N6O5/c1-19-2-12-3-20(7-19,9-21(23,4-12)8-19)17(30)31-6-13(5-28)32-11-27-10-24-14-15(27)25-18(22)26-16(14)29/h10,12-13,28H,2-9,11,23H2,1H3,(H3,22,25,26,29). The second-order valence-corrected chi connectivity index (χ2v) is 10.5. The molecule has 0 radical (unpaired) electrons. The number of nitrogens with one attached hydrogen (secondary N) is 1. The van der Waals surface area contributed by atoms with Crippen LogP contribution in [0.25, 0.3) is 11.2 Å². The molecule has 2 heterocycles. The van der Waals surface area contributed by atoms with Gasteiger partial charge in [-0.05, 0) is 49.9 Å². The van der Waals surface area contributed by atoms with E-state index < -0.39 is 17.1 Å². The number of carbonyl (C=O) groups excluding carboxylic acids is 1. The molecule has 11 heteroatoms. The number of anilines is 1. The molecule has 32 heavy (non-hydrogen) atoms. The number of esters is 1. The van der Waals surface area contributed by atoms with Gasteiger partial charge < -0.3 is 26.0 Å².